The minimum absolute atomic E-state index is 0.00268. The van der Waals surface area contributed by atoms with Crippen LogP contribution in [0.25, 0.3) is 11.3 Å². The number of nitrogens with one attached hydrogen (secondary N) is 1. The van der Waals surface area contributed by atoms with Gasteiger partial charge in [-0.3, -0.25) is 20.2 Å². The van der Waals surface area contributed by atoms with Crippen LogP contribution in [0.2, 0.25) is 0 Å². The monoisotopic (exact) mass is 403 g/mol. The van der Waals surface area contributed by atoms with Crippen LogP contribution in [0.15, 0.2) is 58.4 Å². The Kier molecular flexibility index (Phi) is 4.68. The third-order valence-electron chi connectivity index (χ3n) is 3.21. The Morgan fingerprint density at radius 3 is 2.58 bits per heavy atom. The lowest BCUT2D eigenvalue weighted by Crippen LogP contribution is -2.13. The van der Waals surface area contributed by atoms with Crippen molar-refractivity contribution in [3.63, 3.8) is 0 Å². The summed E-state index contributed by atoms with van der Waals surface area (Å²) in [5.74, 6) is -0.556. The van der Waals surface area contributed by atoms with E-state index in [1.165, 1.54) is 29.5 Å². The van der Waals surface area contributed by atoms with Crippen LogP contribution >= 0.6 is 27.3 Å². The summed E-state index contributed by atoms with van der Waals surface area (Å²) in [6.45, 7) is 0. The number of nitrogens with zero attached hydrogens (tertiary/aromatic N) is 2. The zero-order valence-corrected chi connectivity index (χ0v) is 14.5. The van der Waals surface area contributed by atoms with Gasteiger partial charge in [0.05, 0.1) is 10.6 Å². The molecule has 1 aromatic heterocycles. The van der Waals surface area contributed by atoms with E-state index in [9.17, 15) is 14.9 Å². The number of para-hydroxylation sites is 1. The molecule has 0 saturated carbocycles. The average molecular weight is 404 g/mol. The van der Waals surface area contributed by atoms with E-state index in [0.717, 1.165) is 15.7 Å². The first-order chi connectivity index (χ1) is 11.5. The number of hydrogen-bond acceptors (Lipinski definition) is 5. The zero-order valence-electron chi connectivity index (χ0n) is 12.1. The number of carbonyl (C=O) groups excluding carboxylic acids is 1. The summed E-state index contributed by atoms with van der Waals surface area (Å²) in [5, 5.41) is 15.8. The predicted octanol–water partition coefficient (Wildman–Crippen LogP) is 4.73. The number of nitro groups is 1. The Balaban J connectivity index is 1.81. The molecule has 6 nitrogen and oxygen atoms in total. The number of benzene rings is 2. The molecule has 3 rings (SSSR count). The molecule has 1 heterocycles. The molecule has 0 atom stereocenters. The number of hydrogen-bond donors (Lipinski definition) is 1. The maximum atomic E-state index is 12.3. The molecule has 3 aromatic rings. The highest BCUT2D eigenvalue weighted by Gasteiger charge is 2.20. The van der Waals surface area contributed by atoms with Crippen molar-refractivity contribution in [1.29, 1.82) is 0 Å². The van der Waals surface area contributed by atoms with E-state index in [2.05, 4.69) is 26.2 Å². The van der Waals surface area contributed by atoms with Gasteiger partial charge in [-0.2, -0.15) is 0 Å². The molecule has 0 bridgehead atoms. The zero-order chi connectivity index (χ0) is 17.1. The Morgan fingerprint density at radius 2 is 1.88 bits per heavy atom. The number of amides is 1. The third kappa shape index (κ3) is 3.50. The Labute approximate surface area is 149 Å². The van der Waals surface area contributed by atoms with Crippen LogP contribution in [0.4, 0.5) is 10.8 Å². The molecule has 2 aromatic carbocycles. The lowest BCUT2D eigenvalue weighted by atomic mass is 10.1. The number of rotatable bonds is 4. The fourth-order valence-electron chi connectivity index (χ4n) is 2.07. The average Bonchev–Trinajstić information content (AvgIpc) is 3.04. The smallest absolute Gasteiger partial charge is 0.282 e. The number of anilines is 1. The van der Waals surface area contributed by atoms with Crippen molar-refractivity contribution in [3.8, 4) is 11.3 Å². The van der Waals surface area contributed by atoms with Crippen LogP contribution in [0, 0.1) is 10.1 Å². The van der Waals surface area contributed by atoms with Gasteiger partial charge in [0, 0.05) is 21.5 Å². The van der Waals surface area contributed by atoms with Crippen LogP contribution in [-0.4, -0.2) is 15.8 Å². The van der Waals surface area contributed by atoms with Gasteiger partial charge >= 0.3 is 0 Å². The van der Waals surface area contributed by atoms with Crippen LogP contribution in [0.3, 0.4) is 0 Å². The van der Waals surface area contributed by atoms with E-state index in [0.29, 0.717) is 5.13 Å². The number of halogens is 1. The molecule has 24 heavy (non-hydrogen) atoms. The van der Waals surface area contributed by atoms with Crippen LogP contribution < -0.4 is 5.32 Å². The van der Waals surface area contributed by atoms with Gasteiger partial charge in [0.1, 0.15) is 5.56 Å². The highest BCUT2D eigenvalue weighted by atomic mass is 79.9. The maximum Gasteiger partial charge on any atom is 0.282 e. The van der Waals surface area contributed by atoms with E-state index in [1.54, 1.807) is 6.07 Å². The third-order valence-corrected chi connectivity index (χ3v) is 4.50. The fraction of sp³-hybridized carbons (Fsp3) is 0. The number of aromatic nitrogens is 1. The second-order valence-corrected chi connectivity index (χ2v) is 6.55. The van der Waals surface area contributed by atoms with Crippen molar-refractivity contribution < 1.29 is 9.72 Å². The Bertz CT molecular complexity index is 909. The first-order valence-corrected chi connectivity index (χ1v) is 8.48. The van der Waals surface area contributed by atoms with E-state index in [-0.39, 0.29) is 11.3 Å². The van der Waals surface area contributed by atoms with Gasteiger partial charge in [-0.1, -0.05) is 40.2 Å². The second kappa shape index (κ2) is 6.90. The van der Waals surface area contributed by atoms with Gasteiger partial charge in [-0.05, 0) is 18.2 Å². The SMILES string of the molecule is O=C(Nc1nc(-c2ccc(Br)cc2)cs1)c1ccccc1[N+](=O)[O-]. The summed E-state index contributed by atoms with van der Waals surface area (Å²) in [6, 6.07) is 13.4. The molecule has 0 aliphatic heterocycles. The van der Waals surface area contributed by atoms with Crippen molar-refractivity contribution in [2.24, 2.45) is 0 Å². The molecule has 0 radical (unpaired) electrons. The van der Waals surface area contributed by atoms with E-state index in [4.69, 9.17) is 0 Å². The minimum Gasteiger partial charge on any atom is -0.298 e. The summed E-state index contributed by atoms with van der Waals surface area (Å²) in [4.78, 5) is 27.1. The quantitative estimate of drug-likeness (QED) is 0.503. The molecule has 0 unspecified atom stereocenters. The first-order valence-electron chi connectivity index (χ1n) is 6.81. The largest absolute Gasteiger partial charge is 0.298 e. The minimum atomic E-state index is -0.579. The predicted molar refractivity (Wildman–Crippen MR) is 96.3 cm³/mol. The van der Waals surface area contributed by atoms with Crippen molar-refractivity contribution in [2.75, 3.05) is 5.32 Å². The van der Waals surface area contributed by atoms with Gasteiger partial charge in [-0.25, -0.2) is 4.98 Å². The van der Waals surface area contributed by atoms with Gasteiger partial charge in [0.25, 0.3) is 11.6 Å². The van der Waals surface area contributed by atoms with Gasteiger partial charge in [0.15, 0.2) is 5.13 Å². The molecule has 1 N–H and O–H groups in total. The molecule has 0 aliphatic rings. The molecule has 0 fully saturated rings. The fourth-order valence-corrected chi connectivity index (χ4v) is 3.05. The van der Waals surface area contributed by atoms with Gasteiger partial charge < -0.3 is 0 Å². The van der Waals surface area contributed by atoms with Crippen molar-refractivity contribution in [3.05, 3.63) is 74.1 Å². The summed E-state index contributed by atoms with van der Waals surface area (Å²) >= 11 is 4.63. The summed E-state index contributed by atoms with van der Waals surface area (Å²) in [6.07, 6.45) is 0. The number of carbonyl (C=O) groups is 1. The highest BCUT2D eigenvalue weighted by molar-refractivity contribution is 9.10. The molecule has 0 spiro atoms. The topological polar surface area (TPSA) is 85.1 Å². The Hall–Kier alpha value is -2.58. The molecular formula is C16H10BrN3O3S. The van der Waals surface area contributed by atoms with Crippen LogP contribution in [0.1, 0.15) is 10.4 Å². The summed E-state index contributed by atoms with van der Waals surface area (Å²) in [5.41, 5.74) is 1.41. The lowest BCUT2D eigenvalue weighted by Gasteiger charge is -2.02. The summed E-state index contributed by atoms with van der Waals surface area (Å²) in [7, 11) is 0. The van der Waals surface area contributed by atoms with E-state index in [1.807, 2.05) is 29.6 Å². The standard InChI is InChI=1S/C16H10BrN3O3S/c17-11-7-5-10(6-8-11)13-9-24-16(18-13)19-15(21)12-3-1-2-4-14(12)20(22)23/h1-9H,(H,18,19,21). The van der Waals surface area contributed by atoms with Gasteiger partial charge in [0.2, 0.25) is 0 Å². The highest BCUT2D eigenvalue weighted by Crippen LogP contribution is 2.27. The Morgan fingerprint density at radius 1 is 1.17 bits per heavy atom. The molecule has 0 saturated heterocycles. The van der Waals surface area contributed by atoms with Crippen molar-refractivity contribution in [1.82, 2.24) is 4.98 Å². The molecule has 1 amide bonds. The number of thiazole rings is 1. The van der Waals surface area contributed by atoms with Crippen molar-refractivity contribution >= 4 is 44.0 Å². The maximum absolute atomic E-state index is 12.3. The van der Waals surface area contributed by atoms with E-state index >= 15 is 0 Å². The van der Waals surface area contributed by atoms with Crippen molar-refractivity contribution in [2.45, 2.75) is 0 Å². The van der Waals surface area contributed by atoms with Gasteiger partial charge in [-0.15, -0.1) is 11.3 Å². The number of nitro benzene ring substituents is 1. The normalized spacial score (nSPS) is 10.4. The second-order valence-electron chi connectivity index (χ2n) is 4.77. The van der Waals surface area contributed by atoms with E-state index < -0.39 is 10.8 Å². The molecule has 8 heteroatoms. The molecule has 0 aliphatic carbocycles. The van der Waals surface area contributed by atoms with Crippen LogP contribution in [-0.2, 0) is 0 Å². The summed E-state index contributed by atoms with van der Waals surface area (Å²) < 4.78 is 0.964. The molecular weight excluding hydrogens is 394 g/mol. The molecule has 120 valence electrons. The first kappa shape index (κ1) is 16.3. The lowest BCUT2D eigenvalue weighted by molar-refractivity contribution is -0.385. The van der Waals surface area contributed by atoms with Crippen LogP contribution in [0.5, 0.6) is 0 Å².